The quantitative estimate of drug-likeness (QED) is 0.754. The van der Waals surface area contributed by atoms with Gasteiger partial charge in [-0.15, -0.1) is 0 Å². The van der Waals surface area contributed by atoms with Gasteiger partial charge in [0.25, 0.3) is 0 Å². The number of aliphatic hydroxyl groups is 1. The second-order valence-corrected chi connectivity index (χ2v) is 6.70. The molecule has 0 radical (unpaired) electrons. The van der Waals surface area contributed by atoms with Crippen molar-refractivity contribution in [1.29, 1.82) is 0 Å². The first-order chi connectivity index (χ1) is 11.6. The van der Waals surface area contributed by atoms with Gasteiger partial charge < -0.3 is 15.5 Å². The van der Waals surface area contributed by atoms with E-state index in [1.165, 1.54) is 0 Å². The highest BCUT2D eigenvalue weighted by Crippen LogP contribution is 2.48. The van der Waals surface area contributed by atoms with Crippen molar-refractivity contribution in [1.82, 2.24) is 5.32 Å². The molecular weight excluding hydrogens is 326 g/mol. The van der Waals surface area contributed by atoms with E-state index in [1.807, 2.05) is 24.3 Å². The predicted molar refractivity (Wildman–Crippen MR) is 93.1 cm³/mol. The Labute approximate surface area is 146 Å². The summed E-state index contributed by atoms with van der Waals surface area (Å²) >= 11 is 6.00. The topological polar surface area (TPSA) is 69.6 Å². The molecule has 1 aliphatic carbocycles. The second-order valence-electron chi connectivity index (χ2n) is 6.26. The Kier molecular flexibility index (Phi) is 5.07. The average Bonchev–Trinajstić information content (AvgIpc) is 3.37. The van der Waals surface area contributed by atoms with Gasteiger partial charge in [0.15, 0.2) is 0 Å². The SMILES string of the molecule is O=C(N[C@H](CO)Cc1ccc(O)cc1)C1CC1c1cccc(Cl)c1. The van der Waals surface area contributed by atoms with E-state index >= 15 is 0 Å². The van der Waals surface area contributed by atoms with Crippen LogP contribution in [0.25, 0.3) is 0 Å². The molecule has 3 N–H and O–H groups in total. The molecule has 2 aromatic rings. The number of nitrogens with one attached hydrogen (secondary N) is 1. The lowest BCUT2D eigenvalue weighted by Crippen LogP contribution is -2.40. The van der Waals surface area contributed by atoms with Crippen LogP contribution in [0.15, 0.2) is 48.5 Å². The van der Waals surface area contributed by atoms with Crippen LogP contribution in [0.3, 0.4) is 0 Å². The van der Waals surface area contributed by atoms with Gasteiger partial charge in [0, 0.05) is 10.9 Å². The fourth-order valence-electron chi connectivity index (χ4n) is 2.98. The van der Waals surface area contributed by atoms with Crippen molar-refractivity contribution in [3.8, 4) is 5.75 Å². The van der Waals surface area contributed by atoms with Crippen LogP contribution in [-0.2, 0) is 11.2 Å². The first-order valence-corrected chi connectivity index (χ1v) is 8.39. The van der Waals surface area contributed by atoms with Gasteiger partial charge >= 0.3 is 0 Å². The normalized spacial score (nSPS) is 20.4. The molecule has 3 rings (SSSR count). The summed E-state index contributed by atoms with van der Waals surface area (Å²) in [6.07, 6.45) is 1.33. The van der Waals surface area contributed by atoms with Gasteiger partial charge in [-0.2, -0.15) is 0 Å². The van der Waals surface area contributed by atoms with E-state index < -0.39 is 0 Å². The monoisotopic (exact) mass is 345 g/mol. The zero-order chi connectivity index (χ0) is 17.1. The van der Waals surface area contributed by atoms with E-state index in [1.54, 1.807) is 24.3 Å². The summed E-state index contributed by atoms with van der Waals surface area (Å²) in [5.41, 5.74) is 2.04. The molecule has 1 amide bonds. The smallest absolute Gasteiger partial charge is 0.224 e. The van der Waals surface area contributed by atoms with Crippen molar-refractivity contribution < 1.29 is 15.0 Å². The fraction of sp³-hybridized carbons (Fsp3) is 0.316. The van der Waals surface area contributed by atoms with Gasteiger partial charge in [-0.25, -0.2) is 0 Å². The Hall–Kier alpha value is -2.04. The Bertz CT molecular complexity index is 717. The summed E-state index contributed by atoms with van der Waals surface area (Å²) in [7, 11) is 0. The Morgan fingerprint density at radius 2 is 2.00 bits per heavy atom. The molecule has 0 heterocycles. The number of aliphatic hydroxyl groups excluding tert-OH is 1. The lowest BCUT2D eigenvalue weighted by Gasteiger charge is -2.16. The first-order valence-electron chi connectivity index (χ1n) is 8.01. The molecule has 24 heavy (non-hydrogen) atoms. The molecule has 2 aromatic carbocycles. The van der Waals surface area contributed by atoms with E-state index in [0.717, 1.165) is 17.5 Å². The van der Waals surface area contributed by atoms with Crippen LogP contribution in [0.1, 0.15) is 23.5 Å². The Morgan fingerprint density at radius 3 is 2.67 bits per heavy atom. The highest BCUT2D eigenvalue weighted by molar-refractivity contribution is 6.30. The van der Waals surface area contributed by atoms with Crippen LogP contribution >= 0.6 is 11.6 Å². The molecule has 2 unspecified atom stereocenters. The molecule has 0 bridgehead atoms. The van der Waals surface area contributed by atoms with Crippen molar-refractivity contribution in [2.75, 3.05) is 6.61 Å². The minimum absolute atomic E-state index is 0.0298. The number of hydrogen-bond acceptors (Lipinski definition) is 3. The molecule has 4 nitrogen and oxygen atoms in total. The first kappa shape index (κ1) is 16.8. The number of carbonyl (C=O) groups excluding carboxylic acids is 1. The second kappa shape index (κ2) is 7.24. The summed E-state index contributed by atoms with van der Waals surface area (Å²) in [5, 5.41) is 22.4. The van der Waals surface area contributed by atoms with Crippen molar-refractivity contribution in [2.45, 2.75) is 24.8 Å². The maximum atomic E-state index is 12.4. The van der Waals surface area contributed by atoms with Gasteiger partial charge in [0.2, 0.25) is 5.91 Å². The molecule has 0 saturated heterocycles. The lowest BCUT2D eigenvalue weighted by molar-refractivity contribution is -0.123. The van der Waals surface area contributed by atoms with E-state index in [9.17, 15) is 15.0 Å². The Morgan fingerprint density at radius 1 is 1.25 bits per heavy atom. The highest BCUT2D eigenvalue weighted by atomic mass is 35.5. The number of carbonyl (C=O) groups is 1. The van der Waals surface area contributed by atoms with E-state index in [0.29, 0.717) is 11.4 Å². The van der Waals surface area contributed by atoms with Crippen molar-refractivity contribution >= 4 is 17.5 Å². The number of halogens is 1. The van der Waals surface area contributed by atoms with Crippen LogP contribution < -0.4 is 5.32 Å². The molecular formula is C19H20ClNO3. The highest BCUT2D eigenvalue weighted by Gasteiger charge is 2.44. The third-order valence-corrected chi connectivity index (χ3v) is 4.62. The number of benzene rings is 2. The molecule has 126 valence electrons. The zero-order valence-corrected chi connectivity index (χ0v) is 13.9. The number of hydrogen-bond donors (Lipinski definition) is 3. The summed E-state index contributed by atoms with van der Waals surface area (Å²) in [6.45, 7) is -0.124. The third kappa shape index (κ3) is 4.08. The van der Waals surface area contributed by atoms with E-state index in [-0.39, 0.29) is 36.1 Å². The molecule has 0 aliphatic heterocycles. The largest absolute Gasteiger partial charge is 0.508 e. The lowest BCUT2D eigenvalue weighted by atomic mass is 10.1. The van der Waals surface area contributed by atoms with Crippen LogP contribution in [0.2, 0.25) is 5.02 Å². The maximum Gasteiger partial charge on any atom is 0.224 e. The standard InChI is InChI=1S/C19H20ClNO3/c20-14-3-1-2-13(9-14)17-10-18(17)19(24)21-15(11-22)8-12-4-6-16(23)7-5-12/h1-7,9,15,17-18,22-23H,8,10-11H2,(H,21,24)/t15-,17?,18?/m0/s1. The molecule has 1 aliphatic rings. The molecule has 0 spiro atoms. The summed E-state index contributed by atoms with van der Waals surface area (Å²) in [4.78, 5) is 12.4. The summed E-state index contributed by atoms with van der Waals surface area (Å²) in [5.74, 6) is 0.317. The molecule has 3 atom stereocenters. The van der Waals surface area contributed by atoms with E-state index in [2.05, 4.69) is 5.32 Å². The minimum atomic E-state index is -0.331. The molecule has 1 fully saturated rings. The number of phenolic OH excluding ortho intramolecular Hbond substituents is 1. The number of aromatic hydroxyl groups is 1. The van der Waals surface area contributed by atoms with Gasteiger partial charge in [-0.05, 0) is 54.2 Å². The van der Waals surface area contributed by atoms with Crippen LogP contribution in [0.5, 0.6) is 5.75 Å². The van der Waals surface area contributed by atoms with Crippen molar-refractivity contribution in [3.63, 3.8) is 0 Å². The van der Waals surface area contributed by atoms with Gasteiger partial charge in [0.05, 0.1) is 12.6 Å². The maximum absolute atomic E-state index is 12.4. The minimum Gasteiger partial charge on any atom is -0.508 e. The fourth-order valence-corrected chi connectivity index (χ4v) is 3.18. The summed E-state index contributed by atoms with van der Waals surface area (Å²) < 4.78 is 0. The van der Waals surface area contributed by atoms with Crippen LogP contribution in [0, 0.1) is 5.92 Å². The number of rotatable bonds is 6. The molecule has 5 heteroatoms. The van der Waals surface area contributed by atoms with E-state index in [4.69, 9.17) is 11.6 Å². The van der Waals surface area contributed by atoms with Gasteiger partial charge in [-0.3, -0.25) is 4.79 Å². The summed E-state index contributed by atoms with van der Waals surface area (Å²) in [6, 6.07) is 14.1. The average molecular weight is 346 g/mol. The molecule has 0 aromatic heterocycles. The van der Waals surface area contributed by atoms with Crippen molar-refractivity contribution in [3.05, 3.63) is 64.7 Å². The van der Waals surface area contributed by atoms with Gasteiger partial charge in [-0.1, -0.05) is 35.9 Å². The molecule has 1 saturated carbocycles. The predicted octanol–water partition coefficient (Wildman–Crippen LogP) is 2.87. The van der Waals surface area contributed by atoms with Crippen LogP contribution in [-0.4, -0.2) is 28.8 Å². The number of phenols is 1. The van der Waals surface area contributed by atoms with Crippen LogP contribution in [0.4, 0.5) is 0 Å². The van der Waals surface area contributed by atoms with Crippen molar-refractivity contribution in [2.24, 2.45) is 5.92 Å². The third-order valence-electron chi connectivity index (χ3n) is 4.39. The zero-order valence-electron chi connectivity index (χ0n) is 13.2. The van der Waals surface area contributed by atoms with Gasteiger partial charge in [0.1, 0.15) is 5.75 Å². The Balaban J connectivity index is 1.56. The number of amides is 1.